The minimum atomic E-state index is 1.21. The van der Waals surface area contributed by atoms with Crippen molar-refractivity contribution in [3.05, 3.63) is 180 Å². The molecule has 0 saturated carbocycles. The highest BCUT2D eigenvalue weighted by Gasteiger charge is 2.11. The Morgan fingerprint density at radius 3 is 0.933 bits per heavy atom. The van der Waals surface area contributed by atoms with Crippen LogP contribution in [0.2, 0.25) is 0 Å². The molecule has 0 heterocycles. The minimum absolute atomic E-state index is 1.21. The van der Waals surface area contributed by atoms with E-state index in [9.17, 15) is 0 Å². The number of hydrogen-bond acceptors (Lipinski definition) is 0. The topological polar surface area (TPSA) is 0 Å². The Kier molecular flexibility index (Phi) is 7.72. The first kappa shape index (κ1) is 28.3. The lowest BCUT2D eigenvalue weighted by molar-refractivity contribution is 1.38. The molecule has 0 heteroatoms. The van der Waals surface area contributed by atoms with Crippen molar-refractivity contribution in [3.8, 4) is 66.8 Å². The Balaban J connectivity index is 1.32. The first-order chi connectivity index (χ1) is 22.0. The van der Waals surface area contributed by atoms with Gasteiger partial charge in [-0.3, -0.25) is 0 Å². The van der Waals surface area contributed by atoms with Crippen molar-refractivity contribution in [3.63, 3.8) is 0 Å². The summed E-state index contributed by atoms with van der Waals surface area (Å²) in [5, 5.41) is 0. The molecule has 0 amide bonds. The van der Waals surface area contributed by atoms with Crippen LogP contribution in [-0.2, 0) is 0 Å². The van der Waals surface area contributed by atoms with Gasteiger partial charge < -0.3 is 0 Å². The quantitative estimate of drug-likeness (QED) is 0.185. The highest BCUT2D eigenvalue weighted by atomic mass is 14.2. The van der Waals surface area contributed by atoms with E-state index in [0.717, 1.165) is 0 Å². The summed E-state index contributed by atoms with van der Waals surface area (Å²) in [4.78, 5) is 0. The summed E-state index contributed by atoms with van der Waals surface area (Å²) in [5.41, 5.74) is 18.5. The average molecular weight is 577 g/mol. The van der Waals surface area contributed by atoms with Gasteiger partial charge in [-0.15, -0.1) is 0 Å². The third kappa shape index (κ3) is 6.28. The number of aryl methyl sites for hydroxylation is 3. The van der Waals surface area contributed by atoms with Crippen LogP contribution in [0.5, 0.6) is 0 Å². The average Bonchev–Trinajstić information content (AvgIpc) is 3.08. The zero-order valence-corrected chi connectivity index (χ0v) is 26.1. The van der Waals surface area contributed by atoms with Gasteiger partial charge in [-0.05, 0) is 124 Å². The molecular formula is C45H36. The predicted octanol–water partition coefficient (Wildman–Crippen LogP) is 12.6. The van der Waals surface area contributed by atoms with Gasteiger partial charge in [0.05, 0.1) is 0 Å². The second kappa shape index (κ2) is 12.3. The molecule has 0 unspecified atom stereocenters. The first-order valence-electron chi connectivity index (χ1n) is 15.7. The molecule has 216 valence electrons. The molecule has 0 N–H and O–H groups in total. The SMILES string of the molecule is Cc1cccc(-c2cc(-c3ccccc3)cc(-c3ccc(-c4cc(-c5ccccc5)cc(-c5cc(C)cc(C)c5)c4)cc3)c2)c1. The maximum absolute atomic E-state index is 2.33. The lowest BCUT2D eigenvalue weighted by atomic mass is 9.90. The van der Waals surface area contributed by atoms with E-state index in [1.165, 1.54) is 83.5 Å². The molecule has 0 atom stereocenters. The maximum atomic E-state index is 2.33. The Hall–Kier alpha value is -5.46. The second-order valence-corrected chi connectivity index (χ2v) is 12.2. The van der Waals surface area contributed by atoms with Crippen molar-refractivity contribution in [1.29, 1.82) is 0 Å². The van der Waals surface area contributed by atoms with Crippen LogP contribution in [0.25, 0.3) is 66.8 Å². The predicted molar refractivity (Wildman–Crippen MR) is 193 cm³/mol. The third-order valence-corrected chi connectivity index (χ3v) is 8.54. The van der Waals surface area contributed by atoms with E-state index in [1.54, 1.807) is 0 Å². The molecule has 0 aliphatic heterocycles. The number of hydrogen-bond donors (Lipinski definition) is 0. The molecule has 0 nitrogen and oxygen atoms in total. The Morgan fingerprint density at radius 1 is 0.200 bits per heavy atom. The molecule has 0 aromatic heterocycles. The molecule has 0 aliphatic carbocycles. The van der Waals surface area contributed by atoms with Crippen molar-refractivity contribution in [2.75, 3.05) is 0 Å². The summed E-state index contributed by atoms with van der Waals surface area (Å²) >= 11 is 0. The standard InChI is InChI=1S/C45H36/c1-31-11-10-16-38(22-31)44-27-40(34-12-6-4-7-13-34)25-42(28-44)36-17-19-37(20-18-36)43-26-41(35-14-8-5-9-15-35)29-45(30-43)39-23-32(2)21-33(3)24-39/h4-30H,1-3H3. The Bertz CT molecular complexity index is 2080. The Labute approximate surface area is 267 Å². The van der Waals surface area contributed by atoms with Crippen molar-refractivity contribution in [2.45, 2.75) is 20.8 Å². The fraction of sp³-hybridized carbons (Fsp3) is 0.0667. The van der Waals surface area contributed by atoms with Crippen molar-refractivity contribution in [2.24, 2.45) is 0 Å². The van der Waals surface area contributed by atoms with E-state index in [0.29, 0.717) is 0 Å². The zero-order chi connectivity index (χ0) is 30.8. The van der Waals surface area contributed by atoms with Crippen molar-refractivity contribution < 1.29 is 0 Å². The van der Waals surface area contributed by atoms with Gasteiger partial charge in [0.1, 0.15) is 0 Å². The molecule has 0 spiro atoms. The highest BCUT2D eigenvalue weighted by molar-refractivity contribution is 5.84. The van der Waals surface area contributed by atoms with Crippen LogP contribution in [-0.4, -0.2) is 0 Å². The molecule has 0 radical (unpaired) electrons. The van der Waals surface area contributed by atoms with E-state index in [2.05, 4.69) is 185 Å². The summed E-state index contributed by atoms with van der Waals surface area (Å²) in [6, 6.07) is 60.0. The molecule has 7 rings (SSSR count). The highest BCUT2D eigenvalue weighted by Crippen LogP contribution is 2.36. The second-order valence-electron chi connectivity index (χ2n) is 12.2. The minimum Gasteiger partial charge on any atom is -0.0622 e. The molecule has 0 saturated heterocycles. The summed E-state index contributed by atoms with van der Waals surface area (Å²) < 4.78 is 0. The van der Waals surface area contributed by atoms with Gasteiger partial charge in [0.25, 0.3) is 0 Å². The fourth-order valence-electron chi connectivity index (χ4n) is 6.34. The van der Waals surface area contributed by atoms with Gasteiger partial charge >= 0.3 is 0 Å². The summed E-state index contributed by atoms with van der Waals surface area (Å²) in [6.45, 7) is 6.51. The molecule has 7 aromatic carbocycles. The van der Waals surface area contributed by atoms with Crippen LogP contribution in [0.3, 0.4) is 0 Å². The first-order valence-corrected chi connectivity index (χ1v) is 15.7. The Morgan fingerprint density at radius 2 is 0.511 bits per heavy atom. The lowest BCUT2D eigenvalue weighted by Crippen LogP contribution is -1.89. The lowest BCUT2D eigenvalue weighted by Gasteiger charge is -2.14. The van der Waals surface area contributed by atoms with Gasteiger partial charge in [0.2, 0.25) is 0 Å². The van der Waals surface area contributed by atoms with E-state index in [4.69, 9.17) is 0 Å². The molecule has 7 aromatic rings. The van der Waals surface area contributed by atoms with Crippen molar-refractivity contribution in [1.82, 2.24) is 0 Å². The fourth-order valence-corrected chi connectivity index (χ4v) is 6.34. The van der Waals surface area contributed by atoms with Crippen LogP contribution < -0.4 is 0 Å². The van der Waals surface area contributed by atoms with Gasteiger partial charge in [-0.2, -0.15) is 0 Å². The summed E-state index contributed by atoms with van der Waals surface area (Å²) in [5.74, 6) is 0. The number of rotatable bonds is 6. The van der Waals surface area contributed by atoms with Gasteiger partial charge in [-0.25, -0.2) is 0 Å². The van der Waals surface area contributed by atoms with Crippen LogP contribution in [0.1, 0.15) is 16.7 Å². The van der Waals surface area contributed by atoms with Crippen LogP contribution in [0.4, 0.5) is 0 Å². The molecule has 0 bridgehead atoms. The van der Waals surface area contributed by atoms with E-state index in [-0.39, 0.29) is 0 Å². The van der Waals surface area contributed by atoms with Gasteiger partial charge in [0.15, 0.2) is 0 Å². The molecular weight excluding hydrogens is 540 g/mol. The smallest absolute Gasteiger partial charge is 0.0171 e. The van der Waals surface area contributed by atoms with Crippen LogP contribution in [0.15, 0.2) is 164 Å². The largest absolute Gasteiger partial charge is 0.0622 e. The van der Waals surface area contributed by atoms with E-state index in [1.807, 2.05) is 0 Å². The molecule has 0 aliphatic rings. The zero-order valence-electron chi connectivity index (χ0n) is 26.1. The van der Waals surface area contributed by atoms with E-state index < -0.39 is 0 Å². The summed E-state index contributed by atoms with van der Waals surface area (Å²) in [6.07, 6.45) is 0. The van der Waals surface area contributed by atoms with E-state index >= 15 is 0 Å². The van der Waals surface area contributed by atoms with Crippen LogP contribution >= 0.6 is 0 Å². The monoisotopic (exact) mass is 576 g/mol. The van der Waals surface area contributed by atoms with Gasteiger partial charge in [-0.1, -0.05) is 144 Å². The normalized spacial score (nSPS) is 11.0. The molecule has 45 heavy (non-hydrogen) atoms. The van der Waals surface area contributed by atoms with Crippen LogP contribution in [0, 0.1) is 20.8 Å². The summed E-state index contributed by atoms with van der Waals surface area (Å²) in [7, 11) is 0. The molecule has 0 fully saturated rings. The third-order valence-electron chi connectivity index (χ3n) is 8.54. The number of benzene rings is 7. The van der Waals surface area contributed by atoms with Crippen molar-refractivity contribution >= 4 is 0 Å². The van der Waals surface area contributed by atoms with Gasteiger partial charge in [0, 0.05) is 0 Å². The maximum Gasteiger partial charge on any atom is -0.0171 e.